The Hall–Kier alpha value is -1.16. The van der Waals surface area contributed by atoms with Crippen molar-refractivity contribution in [3.8, 4) is 0 Å². The van der Waals surface area contributed by atoms with Gasteiger partial charge in [-0.3, -0.25) is 0 Å². The van der Waals surface area contributed by atoms with Crippen molar-refractivity contribution in [1.82, 2.24) is 9.97 Å². The predicted molar refractivity (Wildman–Crippen MR) is 46.4 cm³/mol. The van der Waals surface area contributed by atoms with Gasteiger partial charge in [0.2, 0.25) is 0 Å². The molecular weight excluding hydrogens is 152 g/mol. The third-order valence-electron chi connectivity index (χ3n) is 2.26. The van der Waals surface area contributed by atoms with Crippen LogP contribution < -0.4 is 11.3 Å². The molecule has 2 rings (SSSR count). The first-order chi connectivity index (χ1) is 5.81. The van der Waals surface area contributed by atoms with Crippen LogP contribution in [0.15, 0.2) is 12.3 Å². The molecule has 1 aromatic rings. The van der Waals surface area contributed by atoms with E-state index >= 15 is 0 Å². The molecule has 1 aliphatic rings. The first-order valence-electron chi connectivity index (χ1n) is 4.11. The van der Waals surface area contributed by atoms with Crippen molar-refractivity contribution in [3.63, 3.8) is 0 Å². The average Bonchev–Trinajstić information content (AvgIpc) is 2.83. The number of aromatic nitrogens is 2. The summed E-state index contributed by atoms with van der Waals surface area (Å²) in [5, 5.41) is 0. The van der Waals surface area contributed by atoms with Crippen LogP contribution in [0.4, 0.5) is 5.82 Å². The third kappa shape index (κ3) is 1.25. The fraction of sp³-hybridized carbons (Fsp3) is 0.500. The number of nitrogen functional groups attached to an aromatic ring is 1. The number of hydrogen-bond donors (Lipinski definition) is 2. The quantitative estimate of drug-likeness (QED) is 0.503. The van der Waals surface area contributed by atoms with E-state index in [4.69, 9.17) is 5.84 Å². The van der Waals surface area contributed by atoms with E-state index in [9.17, 15) is 0 Å². The zero-order valence-electron chi connectivity index (χ0n) is 6.99. The Morgan fingerprint density at radius 2 is 2.42 bits per heavy atom. The van der Waals surface area contributed by atoms with Gasteiger partial charge in [-0.1, -0.05) is 6.92 Å². The lowest BCUT2D eigenvalue weighted by molar-refractivity contribution is 0.842. The van der Waals surface area contributed by atoms with Crippen molar-refractivity contribution < 1.29 is 0 Å². The van der Waals surface area contributed by atoms with Crippen molar-refractivity contribution in [3.05, 3.63) is 18.1 Å². The Kier molecular flexibility index (Phi) is 1.69. The molecule has 0 saturated heterocycles. The molecule has 2 unspecified atom stereocenters. The Balaban J connectivity index is 2.21. The van der Waals surface area contributed by atoms with Gasteiger partial charge in [0.25, 0.3) is 0 Å². The number of hydrogen-bond acceptors (Lipinski definition) is 4. The van der Waals surface area contributed by atoms with Gasteiger partial charge in [-0.2, -0.15) is 0 Å². The maximum Gasteiger partial charge on any atom is 0.143 e. The largest absolute Gasteiger partial charge is 0.308 e. The van der Waals surface area contributed by atoms with Crippen LogP contribution in [0, 0.1) is 5.92 Å². The molecule has 0 spiro atoms. The zero-order valence-corrected chi connectivity index (χ0v) is 6.99. The van der Waals surface area contributed by atoms with E-state index in [1.165, 1.54) is 6.42 Å². The van der Waals surface area contributed by atoms with Crippen LogP contribution in [0.25, 0.3) is 0 Å². The van der Waals surface area contributed by atoms with Gasteiger partial charge in [-0.05, 0) is 12.3 Å². The molecule has 0 bridgehead atoms. The van der Waals surface area contributed by atoms with Crippen LogP contribution in [0.5, 0.6) is 0 Å². The molecule has 0 radical (unpaired) electrons. The van der Waals surface area contributed by atoms with E-state index < -0.39 is 0 Å². The van der Waals surface area contributed by atoms with Gasteiger partial charge in [-0.25, -0.2) is 15.8 Å². The van der Waals surface area contributed by atoms with Crippen molar-refractivity contribution in [2.75, 3.05) is 5.43 Å². The molecule has 1 aliphatic carbocycles. The van der Waals surface area contributed by atoms with Gasteiger partial charge in [0.05, 0.1) is 0 Å². The van der Waals surface area contributed by atoms with E-state index in [0.29, 0.717) is 11.7 Å². The summed E-state index contributed by atoms with van der Waals surface area (Å²) < 4.78 is 0. The van der Waals surface area contributed by atoms with Crippen molar-refractivity contribution in [2.45, 2.75) is 19.3 Å². The highest BCUT2D eigenvalue weighted by Crippen LogP contribution is 2.45. The number of rotatable bonds is 2. The second-order valence-electron chi connectivity index (χ2n) is 3.26. The van der Waals surface area contributed by atoms with Crippen LogP contribution >= 0.6 is 0 Å². The minimum Gasteiger partial charge on any atom is -0.308 e. The normalized spacial score (nSPS) is 26.8. The Morgan fingerprint density at radius 3 is 3.00 bits per heavy atom. The van der Waals surface area contributed by atoms with E-state index in [-0.39, 0.29) is 0 Å². The van der Waals surface area contributed by atoms with Crippen LogP contribution in [-0.4, -0.2) is 9.97 Å². The fourth-order valence-corrected chi connectivity index (χ4v) is 1.31. The van der Waals surface area contributed by atoms with E-state index in [0.717, 1.165) is 11.7 Å². The van der Waals surface area contributed by atoms with Crippen molar-refractivity contribution in [2.24, 2.45) is 11.8 Å². The van der Waals surface area contributed by atoms with E-state index in [2.05, 4.69) is 22.3 Å². The summed E-state index contributed by atoms with van der Waals surface area (Å²) in [7, 11) is 0. The maximum atomic E-state index is 5.23. The second kappa shape index (κ2) is 2.71. The molecule has 1 fully saturated rings. The van der Waals surface area contributed by atoms with E-state index in [1.54, 1.807) is 12.3 Å². The Labute approximate surface area is 71.2 Å². The molecule has 4 heteroatoms. The Morgan fingerprint density at radius 1 is 1.67 bits per heavy atom. The molecule has 0 amide bonds. The minimum absolute atomic E-state index is 0.554. The van der Waals surface area contributed by atoms with Gasteiger partial charge in [-0.15, -0.1) is 0 Å². The molecule has 1 aromatic heterocycles. The van der Waals surface area contributed by atoms with E-state index in [1.807, 2.05) is 0 Å². The van der Waals surface area contributed by atoms with Crippen LogP contribution in [0.3, 0.4) is 0 Å². The smallest absolute Gasteiger partial charge is 0.143 e. The summed E-state index contributed by atoms with van der Waals surface area (Å²) in [5.41, 5.74) is 2.51. The summed E-state index contributed by atoms with van der Waals surface area (Å²) in [6.07, 6.45) is 2.94. The number of anilines is 1. The van der Waals surface area contributed by atoms with Crippen LogP contribution in [0.2, 0.25) is 0 Å². The van der Waals surface area contributed by atoms with Crippen LogP contribution in [0.1, 0.15) is 25.1 Å². The molecule has 4 nitrogen and oxygen atoms in total. The molecule has 3 N–H and O–H groups in total. The topological polar surface area (TPSA) is 63.8 Å². The van der Waals surface area contributed by atoms with Gasteiger partial charge in [0, 0.05) is 18.2 Å². The monoisotopic (exact) mass is 164 g/mol. The fourth-order valence-electron chi connectivity index (χ4n) is 1.31. The standard InChI is InChI=1S/C8H12N4/c1-5-4-6(5)8-10-3-2-7(11-8)12-9/h2-3,5-6H,4,9H2,1H3,(H,10,11,12). The lowest BCUT2D eigenvalue weighted by Gasteiger charge is -2.00. The first kappa shape index (κ1) is 7.49. The lowest BCUT2D eigenvalue weighted by atomic mass is 10.3. The molecule has 12 heavy (non-hydrogen) atoms. The molecule has 2 atom stereocenters. The first-order valence-corrected chi connectivity index (χ1v) is 4.11. The SMILES string of the molecule is CC1CC1c1nccc(NN)n1. The summed E-state index contributed by atoms with van der Waals surface area (Å²) in [4.78, 5) is 8.45. The van der Waals surface area contributed by atoms with Gasteiger partial charge in [0.15, 0.2) is 0 Å². The summed E-state index contributed by atoms with van der Waals surface area (Å²) >= 11 is 0. The number of nitrogens with two attached hydrogens (primary N) is 1. The third-order valence-corrected chi connectivity index (χ3v) is 2.26. The number of nitrogens with zero attached hydrogens (tertiary/aromatic N) is 2. The van der Waals surface area contributed by atoms with Gasteiger partial charge < -0.3 is 5.43 Å². The lowest BCUT2D eigenvalue weighted by Crippen LogP contribution is -2.09. The second-order valence-corrected chi connectivity index (χ2v) is 3.26. The van der Waals surface area contributed by atoms with Gasteiger partial charge in [0.1, 0.15) is 11.6 Å². The zero-order chi connectivity index (χ0) is 8.55. The summed E-state index contributed by atoms with van der Waals surface area (Å²) in [5.74, 6) is 8.13. The summed E-state index contributed by atoms with van der Waals surface area (Å²) in [6.45, 7) is 2.20. The maximum absolute atomic E-state index is 5.23. The predicted octanol–water partition coefficient (Wildman–Crippen LogP) is 0.886. The molecular formula is C8H12N4. The highest BCUT2D eigenvalue weighted by Gasteiger charge is 2.36. The highest BCUT2D eigenvalue weighted by atomic mass is 15.3. The van der Waals surface area contributed by atoms with Crippen molar-refractivity contribution in [1.29, 1.82) is 0 Å². The van der Waals surface area contributed by atoms with Gasteiger partial charge >= 0.3 is 0 Å². The molecule has 0 aromatic carbocycles. The summed E-state index contributed by atoms with van der Waals surface area (Å²) in [6, 6.07) is 1.76. The molecule has 1 saturated carbocycles. The highest BCUT2D eigenvalue weighted by molar-refractivity contribution is 5.32. The Bertz CT molecular complexity index is 286. The number of nitrogens with one attached hydrogen (secondary N) is 1. The molecule has 64 valence electrons. The number of hydrazine groups is 1. The molecule has 0 aliphatic heterocycles. The average molecular weight is 164 g/mol. The van der Waals surface area contributed by atoms with Crippen molar-refractivity contribution >= 4 is 5.82 Å². The van der Waals surface area contributed by atoms with Crippen LogP contribution in [-0.2, 0) is 0 Å². The molecule has 1 heterocycles. The minimum atomic E-state index is 0.554.